The molecule has 1 fully saturated rings. The second-order valence-corrected chi connectivity index (χ2v) is 7.93. The first-order chi connectivity index (χ1) is 14.3. The molecule has 3 aromatic rings. The van der Waals surface area contributed by atoms with Gasteiger partial charge in [0.15, 0.2) is 5.82 Å². The Bertz CT molecular complexity index is 1060. The van der Waals surface area contributed by atoms with Crippen molar-refractivity contribution >= 4 is 5.82 Å². The van der Waals surface area contributed by atoms with E-state index in [9.17, 15) is 4.79 Å². The number of pyridine rings is 1. The van der Waals surface area contributed by atoms with Crippen LogP contribution in [0.2, 0.25) is 0 Å². The summed E-state index contributed by atoms with van der Waals surface area (Å²) >= 11 is 0. The van der Waals surface area contributed by atoms with Gasteiger partial charge in [-0.05, 0) is 67.9 Å². The molecule has 0 N–H and O–H groups in total. The van der Waals surface area contributed by atoms with Crippen molar-refractivity contribution in [3.05, 3.63) is 64.3 Å². The summed E-state index contributed by atoms with van der Waals surface area (Å²) in [6, 6.07) is 9.43. The van der Waals surface area contributed by atoms with Crippen molar-refractivity contribution in [1.29, 1.82) is 0 Å². The van der Waals surface area contributed by atoms with E-state index in [0.29, 0.717) is 12.5 Å². The molecule has 29 heavy (non-hydrogen) atoms. The summed E-state index contributed by atoms with van der Waals surface area (Å²) in [5.41, 5.74) is 4.26. The molecular weight excluding hydrogens is 364 g/mol. The predicted octanol–water partition coefficient (Wildman–Crippen LogP) is 2.50. The zero-order valence-electron chi connectivity index (χ0n) is 16.4. The van der Waals surface area contributed by atoms with E-state index in [1.54, 1.807) is 29.2 Å². The van der Waals surface area contributed by atoms with E-state index in [4.69, 9.17) is 0 Å². The number of aromatic nitrogens is 5. The molecule has 0 bridgehead atoms. The Morgan fingerprint density at radius 3 is 2.66 bits per heavy atom. The molecule has 148 valence electrons. The number of anilines is 1. The minimum absolute atomic E-state index is 0.0466. The van der Waals surface area contributed by atoms with E-state index in [1.807, 2.05) is 12.1 Å². The lowest BCUT2D eigenvalue weighted by Crippen LogP contribution is -2.37. The molecule has 5 rings (SSSR count). The standard InChI is InChI=1S/C22H24N6O/c29-22-5-4-20(17-6-10-23-11-7-17)26-28(22)15-16-8-12-27(13-9-16)21-14-18-2-1-3-19(18)24-25-21/h4-7,10-11,14,16H,1-3,8-9,12-13,15H2. The zero-order valence-corrected chi connectivity index (χ0v) is 16.4. The molecule has 0 radical (unpaired) electrons. The third-order valence-electron chi connectivity index (χ3n) is 6.02. The molecule has 7 nitrogen and oxygen atoms in total. The van der Waals surface area contributed by atoms with Crippen molar-refractivity contribution in [3.8, 4) is 11.3 Å². The summed E-state index contributed by atoms with van der Waals surface area (Å²) in [7, 11) is 0. The number of hydrogen-bond acceptors (Lipinski definition) is 6. The summed E-state index contributed by atoms with van der Waals surface area (Å²) in [6.45, 7) is 2.54. The smallest absolute Gasteiger partial charge is 0.266 e. The van der Waals surface area contributed by atoms with E-state index >= 15 is 0 Å². The highest BCUT2D eigenvalue weighted by molar-refractivity contribution is 5.57. The van der Waals surface area contributed by atoms with E-state index in [-0.39, 0.29) is 5.56 Å². The second-order valence-electron chi connectivity index (χ2n) is 7.93. The molecule has 7 heteroatoms. The van der Waals surface area contributed by atoms with E-state index in [1.165, 1.54) is 17.7 Å². The number of fused-ring (bicyclic) bond motifs is 1. The third kappa shape index (κ3) is 3.77. The van der Waals surface area contributed by atoms with Gasteiger partial charge >= 0.3 is 0 Å². The Morgan fingerprint density at radius 2 is 1.83 bits per heavy atom. The molecule has 0 saturated carbocycles. The molecule has 1 saturated heterocycles. The van der Waals surface area contributed by atoms with E-state index in [2.05, 4.69) is 31.2 Å². The molecule has 2 aliphatic rings. The van der Waals surface area contributed by atoms with Crippen molar-refractivity contribution in [1.82, 2.24) is 25.0 Å². The first-order valence-corrected chi connectivity index (χ1v) is 10.4. The van der Waals surface area contributed by atoms with Gasteiger partial charge in [-0.3, -0.25) is 9.78 Å². The lowest BCUT2D eigenvalue weighted by atomic mass is 9.96. The van der Waals surface area contributed by atoms with Crippen molar-refractivity contribution in [2.24, 2.45) is 5.92 Å². The lowest BCUT2D eigenvalue weighted by Gasteiger charge is -2.32. The van der Waals surface area contributed by atoms with E-state index in [0.717, 1.165) is 55.8 Å². The normalized spacial score (nSPS) is 16.8. The lowest BCUT2D eigenvalue weighted by molar-refractivity contribution is 0.335. The van der Waals surface area contributed by atoms with Crippen molar-refractivity contribution in [2.75, 3.05) is 18.0 Å². The maximum absolute atomic E-state index is 12.3. The Balaban J connectivity index is 1.26. The molecule has 3 aromatic heterocycles. The summed E-state index contributed by atoms with van der Waals surface area (Å²) < 4.78 is 1.62. The highest BCUT2D eigenvalue weighted by atomic mass is 16.1. The van der Waals surface area contributed by atoms with Crippen LogP contribution in [0.5, 0.6) is 0 Å². The number of aryl methyl sites for hydroxylation is 2. The number of nitrogens with zero attached hydrogens (tertiary/aromatic N) is 6. The third-order valence-corrected chi connectivity index (χ3v) is 6.02. The maximum atomic E-state index is 12.3. The monoisotopic (exact) mass is 388 g/mol. The summed E-state index contributed by atoms with van der Waals surface area (Å²) in [4.78, 5) is 18.7. The van der Waals surface area contributed by atoms with Gasteiger partial charge in [-0.15, -0.1) is 5.10 Å². The highest BCUT2D eigenvalue weighted by Gasteiger charge is 2.23. The number of hydrogen-bond donors (Lipinski definition) is 0. The van der Waals surface area contributed by atoms with Crippen LogP contribution in [0.4, 0.5) is 5.82 Å². The summed E-state index contributed by atoms with van der Waals surface area (Å²) in [5.74, 6) is 1.44. The fourth-order valence-corrected chi connectivity index (χ4v) is 4.32. The Kier molecular flexibility index (Phi) is 4.79. The average molecular weight is 388 g/mol. The van der Waals surface area contributed by atoms with Crippen LogP contribution >= 0.6 is 0 Å². The molecule has 0 aromatic carbocycles. The minimum atomic E-state index is -0.0466. The van der Waals surface area contributed by atoms with Gasteiger partial charge in [0.2, 0.25) is 0 Å². The summed E-state index contributed by atoms with van der Waals surface area (Å²) in [5, 5.41) is 13.5. The van der Waals surface area contributed by atoms with Crippen molar-refractivity contribution in [2.45, 2.75) is 38.6 Å². The zero-order chi connectivity index (χ0) is 19.6. The van der Waals surface area contributed by atoms with Gasteiger partial charge in [-0.25, -0.2) is 4.68 Å². The predicted molar refractivity (Wildman–Crippen MR) is 111 cm³/mol. The average Bonchev–Trinajstić information content (AvgIpc) is 3.24. The molecule has 0 spiro atoms. The van der Waals surface area contributed by atoms with Crippen LogP contribution in [0, 0.1) is 5.92 Å². The topological polar surface area (TPSA) is 76.8 Å². The number of rotatable bonds is 4. The molecule has 1 aliphatic carbocycles. The molecule has 1 aliphatic heterocycles. The van der Waals surface area contributed by atoms with Crippen LogP contribution in [-0.4, -0.2) is 38.1 Å². The second kappa shape index (κ2) is 7.73. The quantitative estimate of drug-likeness (QED) is 0.683. The first kappa shape index (κ1) is 18.0. The Hall–Kier alpha value is -3.09. The largest absolute Gasteiger partial charge is 0.355 e. The van der Waals surface area contributed by atoms with Gasteiger partial charge in [-0.1, -0.05) is 0 Å². The number of piperidine rings is 1. The molecule has 4 heterocycles. The molecule has 0 atom stereocenters. The SMILES string of the molecule is O=c1ccc(-c2ccncc2)nn1CC1CCN(c2cc3c(nn2)CCC3)CC1. The van der Waals surface area contributed by atoms with Gasteiger partial charge < -0.3 is 4.90 Å². The molecular formula is C22H24N6O. The molecule has 0 unspecified atom stereocenters. The van der Waals surface area contributed by atoms with Crippen LogP contribution in [0.1, 0.15) is 30.5 Å². The molecule has 0 amide bonds. The van der Waals surface area contributed by atoms with Gasteiger partial charge in [0.05, 0.1) is 11.4 Å². The fraction of sp³-hybridized carbons (Fsp3) is 0.409. The van der Waals surface area contributed by atoms with Crippen LogP contribution < -0.4 is 10.5 Å². The minimum Gasteiger partial charge on any atom is -0.355 e. The first-order valence-electron chi connectivity index (χ1n) is 10.4. The highest BCUT2D eigenvalue weighted by Crippen LogP contribution is 2.26. The van der Waals surface area contributed by atoms with Crippen LogP contribution in [-0.2, 0) is 19.4 Å². The maximum Gasteiger partial charge on any atom is 0.266 e. The fourth-order valence-electron chi connectivity index (χ4n) is 4.32. The van der Waals surface area contributed by atoms with Crippen LogP contribution in [0.3, 0.4) is 0 Å². The van der Waals surface area contributed by atoms with Gasteiger partial charge in [0.1, 0.15) is 0 Å². The van der Waals surface area contributed by atoms with Gasteiger partial charge in [0, 0.05) is 43.7 Å². The van der Waals surface area contributed by atoms with Crippen molar-refractivity contribution in [3.63, 3.8) is 0 Å². The van der Waals surface area contributed by atoms with Gasteiger partial charge in [0.25, 0.3) is 5.56 Å². The van der Waals surface area contributed by atoms with Crippen molar-refractivity contribution < 1.29 is 0 Å². The van der Waals surface area contributed by atoms with Gasteiger partial charge in [-0.2, -0.15) is 10.2 Å². The Labute approximate surface area is 169 Å². The van der Waals surface area contributed by atoms with E-state index < -0.39 is 0 Å². The summed E-state index contributed by atoms with van der Waals surface area (Å²) in [6.07, 6.45) is 8.89. The Morgan fingerprint density at radius 1 is 1.00 bits per heavy atom. The van der Waals surface area contributed by atoms with Crippen LogP contribution in [0.25, 0.3) is 11.3 Å². The van der Waals surface area contributed by atoms with Crippen LogP contribution in [0.15, 0.2) is 47.5 Å².